The normalized spacial score (nSPS) is 13.7. The Balaban J connectivity index is 1.77. The molecular formula is C29H22Se. The number of benzene rings is 4. The molecule has 30 heavy (non-hydrogen) atoms. The predicted octanol–water partition coefficient (Wildman–Crippen LogP) is 5.77. The van der Waals surface area contributed by atoms with E-state index in [4.69, 9.17) is 0 Å². The first-order valence-electron chi connectivity index (χ1n) is 10.6. The third-order valence-corrected chi connectivity index (χ3v) is 8.67. The molecule has 0 amide bonds. The minimum absolute atomic E-state index is 0.345. The summed E-state index contributed by atoms with van der Waals surface area (Å²) in [7, 11) is 0. The number of hydrogen-bond acceptors (Lipinski definition) is 0. The maximum absolute atomic E-state index is 2.44. The van der Waals surface area contributed by atoms with Crippen LogP contribution in [0.25, 0.3) is 22.3 Å². The number of hydrogen-bond donors (Lipinski definition) is 0. The summed E-state index contributed by atoms with van der Waals surface area (Å²) in [6.07, 6.45) is 0. The second-order valence-electron chi connectivity index (χ2n) is 8.35. The SMILES string of the molecule is CC(C)c1ccc2c(c1)C(=C1c3ccccc3[Se]c3ccccc31)c1ccccc1-2. The van der Waals surface area contributed by atoms with Crippen LogP contribution in [-0.4, -0.2) is 15.0 Å². The van der Waals surface area contributed by atoms with Crippen molar-refractivity contribution in [3.63, 3.8) is 0 Å². The number of fused-ring (bicyclic) bond motifs is 5. The monoisotopic (exact) mass is 450 g/mol. The summed E-state index contributed by atoms with van der Waals surface area (Å²) in [4.78, 5) is 0. The first-order chi connectivity index (χ1) is 14.7. The molecule has 0 bridgehead atoms. The quantitative estimate of drug-likeness (QED) is 0.280. The topological polar surface area (TPSA) is 0 Å². The molecular weight excluding hydrogens is 427 g/mol. The van der Waals surface area contributed by atoms with Gasteiger partial charge >= 0.3 is 185 Å². The fourth-order valence-corrected chi connectivity index (χ4v) is 7.06. The predicted molar refractivity (Wildman–Crippen MR) is 129 cm³/mol. The Morgan fingerprint density at radius 1 is 0.500 bits per heavy atom. The minimum atomic E-state index is 0.345. The third kappa shape index (κ3) is 2.59. The average molecular weight is 449 g/mol. The molecule has 0 saturated carbocycles. The van der Waals surface area contributed by atoms with Gasteiger partial charge in [0.15, 0.2) is 0 Å². The molecule has 4 aromatic rings. The molecule has 4 aromatic carbocycles. The molecule has 1 aliphatic heterocycles. The van der Waals surface area contributed by atoms with Crippen molar-refractivity contribution in [3.8, 4) is 11.1 Å². The number of rotatable bonds is 1. The van der Waals surface area contributed by atoms with Gasteiger partial charge in [-0.1, -0.05) is 0 Å². The van der Waals surface area contributed by atoms with Gasteiger partial charge in [0.25, 0.3) is 0 Å². The van der Waals surface area contributed by atoms with Crippen molar-refractivity contribution >= 4 is 35.0 Å². The van der Waals surface area contributed by atoms with Gasteiger partial charge in [-0.25, -0.2) is 0 Å². The van der Waals surface area contributed by atoms with E-state index in [0.29, 0.717) is 20.9 Å². The van der Waals surface area contributed by atoms with Crippen molar-refractivity contribution in [2.24, 2.45) is 0 Å². The molecule has 0 fully saturated rings. The molecule has 0 N–H and O–H groups in total. The van der Waals surface area contributed by atoms with Gasteiger partial charge in [0.1, 0.15) is 0 Å². The van der Waals surface area contributed by atoms with Crippen LogP contribution in [0.3, 0.4) is 0 Å². The summed E-state index contributed by atoms with van der Waals surface area (Å²) in [6.45, 7) is 4.56. The van der Waals surface area contributed by atoms with Crippen LogP contribution in [0.15, 0.2) is 91.0 Å². The van der Waals surface area contributed by atoms with Crippen molar-refractivity contribution in [1.82, 2.24) is 0 Å². The van der Waals surface area contributed by atoms with E-state index in [1.54, 1.807) is 0 Å². The Bertz CT molecular complexity index is 1290. The fraction of sp³-hybridized carbons (Fsp3) is 0.103. The van der Waals surface area contributed by atoms with Crippen LogP contribution in [-0.2, 0) is 0 Å². The third-order valence-electron chi connectivity index (χ3n) is 6.25. The van der Waals surface area contributed by atoms with Crippen LogP contribution in [0.1, 0.15) is 47.6 Å². The van der Waals surface area contributed by atoms with Crippen LogP contribution in [0.4, 0.5) is 0 Å². The second-order valence-corrected chi connectivity index (χ2v) is 10.6. The maximum atomic E-state index is 2.44. The van der Waals surface area contributed by atoms with E-state index in [-0.39, 0.29) is 0 Å². The van der Waals surface area contributed by atoms with E-state index >= 15 is 0 Å². The van der Waals surface area contributed by atoms with E-state index in [0.717, 1.165) is 0 Å². The van der Waals surface area contributed by atoms with E-state index < -0.39 is 0 Å². The summed E-state index contributed by atoms with van der Waals surface area (Å²) in [5.41, 5.74) is 12.5. The van der Waals surface area contributed by atoms with Gasteiger partial charge in [-0.05, 0) is 0 Å². The molecule has 1 heteroatoms. The van der Waals surface area contributed by atoms with E-state index in [2.05, 4.69) is 105 Å². The molecule has 0 atom stereocenters. The van der Waals surface area contributed by atoms with Crippen LogP contribution in [0.5, 0.6) is 0 Å². The van der Waals surface area contributed by atoms with Crippen LogP contribution >= 0.6 is 0 Å². The van der Waals surface area contributed by atoms with Gasteiger partial charge in [-0.3, -0.25) is 0 Å². The van der Waals surface area contributed by atoms with Crippen LogP contribution in [0, 0.1) is 0 Å². The Labute approximate surface area is 184 Å². The van der Waals surface area contributed by atoms with Gasteiger partial charge in [0.05, 0.1) is 0 Å². The molecule has 0 nitrogen and oxygen atoms in total. The van der Waals surface area contributed by atoms with Gasteiger partial charge in [-0.2, -0.15) is 0 Å². The fourth-order valence-electron chi connectivity index (χ4n) is 4.77. The summed E-state index contributed by atoms with van der Waals surface area (Å²) in [5.74, 6) is 0.513. The molecule has 144 valence electrons. The van der Waals surface area contributed by atoms with Crippen molar-refractivity contribution in [2.45, 2.75) is 19.8 Å². The molecule has 2 aliphatic rings. The van der Waals surface area contributed by atoms with Gasteiger partial charge in [0.2, 0.25) is 0 Å². The van der Waals surface area contributed by atoms with Gasteiger partial charge in [0, 0.05) is 0 Å². The zero-order chi connectivity index (χ0) is 20.2. The summed E-state index contributed by atoms with van der Waals surface area (Å²) in [5, 5.41) is 0. The Kier molecular flexibility index (Phi) is 4.09. The molecule has 6 rings (SSSR count). The van der Waals surface area contributed by atoms with E-state index in [1.165, 1.54) is 59.0 Å². The van der Waals surface area contributed by atoms with Gasteiger partial charge in [-0.15, -0.1) is 0 Å². The van der Waals surface area contributed by atoms with Crippen molar-refractivity contribution in [1.29, 1.82) is 0 Å². The standard InChI is InChI=1S/C29H22Se/c1-18(2)19-15-16-21-20-9-3-4-10-22(20)28(25(21)17-19)29-23-11-5-7-13-26(23)30-27-14-8-6-12-24(27)29/h3-18H,1-2H3. The van der Waals surface area contributed by atoms with Crippen LogP contribution in [0.2, 0.25) is 0 Å². The Morgan fingerprint density at radius 2 is 1.00 bits per heavy atom. The summed E-state index contributed by atoms with van der Waals surface area (Å²) < 4.78 is 2.97. The molecule has 0 unspecified atom stereocenters. The van der Waals surface area contributed by atoms with Crippen molar-refractivity contribution in [3.05, 3.63) is 119 Å². The molecule has 0 aromatic heterocycles. The van der Waals surface area contributed by atoms with Crippen molar-refractivity contribution < 1.29 is 0 Å². The average Bonchev–Trinajstić information content (AvgIpc) is 3.11. The van der Waals surface area contributed by atoms with E-state index in [9.17, 15) is 0 Å². The van der Waals surface area contributed by atoms with Gasteiger partial charge < -0.3 is 0 Å². The first kappa shape index (κ1) is 18.0. The van der Waals surface area contributed by atoms with E-state index in [1.807, 2.05) is 0 Å². The van der Waals surface area contributed by atoms with Crippen molar-refractivity contribution in [2.75, 3.05) is 0 Å². The first-order valence-corrected chi connectivity index (χ1v) is 12.3. The van der Waals surface area contributed by atoms with Crippen LogP contribution < -0.4 is 8.92 Å². The second kappa shape index (κ2) is 6.84. The summed E-state index contributed by atoms with van der Waals surface area (Å²) in [6, 6.07) is 34.0. The molecule has 0 spiro atoms. The Morgan fingerprint density at radius 3 is 1.63 bits per heavy atom. The molecule has 0 saturated heterocycles. The zero-order valence-corrected chi connectivity index (χ0v) is 18.9. The molecule has 1 heterocycles. The zero-order valence-electron chi connectivity index (χ0n) is 17.1. The molecule has 1 aliphatic carbocycles. The Hall–Kier alpha value is -2.86. The molecule has 0 radical (unpaired) electrons. The summed E-state index contributed by atoms with van der Waals surface area (Å²) >= 11 is 0.345.